The Balaban J connectivity index is 3.19. The van der Waals surface area contributed by atoms with Crippen LogP contribution in [-0.4, -0.2) is 20.2 Å². The van der Waals surface area contributed by atoms with Gasteiger partial charge in [-0.1, -0.05) is 12.1 Å². The van der Waals surface area contributed by atoms with Gasteiger partial charge in [0.2, 0.25) is 0 Å². The molecule has 0 heterocycles. The van der Waals surface area contributed by atoms with E-state index in [2.05, 4.69) is 4.74 Å². The second-order valence-electron chi connectivity index (χ2n) is 2.77. The number of rotatable bonds is 3. The number of hydrogen-bond donors (Lipinski definition) is 0. The maximum Gasteiger partial charge on any atom is 0.381 e. The first kappa shape index (κ1) is 11.4. The fraction of sp³-hybridized carbons (Fsp3) is 0.300. The molecule has 0 amide bonds. The molecule has 1 aromatic rings. The Kier molecular flexibility index (Phi) is 3.24. The molecule has 82 valence electrons. The van der Waals surface area contributed by atoms with Crippen molar-refractivity contribution in [2.24, 2.45) is 0 Å². The zero-order chi connectivity index (χ0) is 11.5. The number of hydrogen-bond acceptors (Lipinski definition) is 3. The van der Waals surface area contributed by atoms with Crippen molar-refractivity contribution in [1.82, 2.24) is 0 Å². The molecular formula is C10H10F2O3. The molecule has 0 spiro atoms. The Morgan fingerprint density at radius 2 is 1.87 bits per heavy atom. The number of carbonyl (C=O) groups is 1. The molecule has 0 radical (unpaired) electrons. The van der Waals surface area contributed by atoms with Crippen molar-refractivity contribution in [3.63, 3.8) is 0 Å². The summed E-state index contributed by atoms with van der Waals surface area (Å²) >= 11 is 0. The van der Waals surface area contributed by atoms with Gasteiger partial charge in [0, 0.05) is 0 Å². The van der Waals surface area contributed by atoms with Crippen molar-refractivity contribution in [2.75, 3.05) is 14.2 Å². The molecule has 0 aliphatic rings. The number of benzene rings is 1. The van der Waals surface area contributed by atoms with Gasteiger partial charge in [-0.05, 0) is 12.1 Å². The smallest absolute Gasteiger partial charge is 0.381 e. The van der Waals surface area contributed by atoms with E-state index in [-0.39, 0.29) is 5.75 Å². The average Bonchev–Trinajstić information content (AvgIpc) is 2.27. The van der Waals surface area contributed by atoms with Crippen LogP contribution in [0.3, 0.4) is 0 Å². The molecule has 0 bridgehead atoms. The molecule has 0 saturated heterocycles. The molecule has 0 aromatic heterocycles. The Labute approximate surface area is 85.6 Å². The third-order valence-corrected chi connectivity index (χ3v) is 1.89. The Morgan fingerprint density at radius 3 is 2.40 bits per heavy atom. The van der Waals surface area contributed by atoms with Crippen LogP contribution < -0.4 is 4.74 Å². The molecule has 0 unspecified atom stereocenters. The van der Waals surface area contributed by atoms with E-state index in [0.717, 1.165) is 13.2 Å². The summed E-state index contributed by atoms with van der Waals surface area (Å²) in [6.07, 6.45) is 0. The van der Waals surface area contributed by atoms with E-state index in [4.69, 9.17) is 4.74 Å². The van der Waals surface area contributed by atoms with Gasteiger partial charge in [0.25, 0.3) is 0 Å². The molecule has 1 rings (SSSR count). The van der Waals surface area contributed by atoms with Gasteiger partial charge < -0.3 is 9.47 Å². The van der Waals surface area contributed by atoms with Gasteiger partial charge >= 0.3 is 11.9 Å². The summed E-state index contributed by atoms with van der Waals surface area (Å²) in [4.78, 5) is 10.9. The molecule has 1 aromatic carbocycles. The zero-order valence-corrected chi connectivity index (χ0v) is 8.29. The maximum atomic E-state index is 13.4. The summed E-state index contributed by atoms with van der Waals surface area (Å²) < 4.78 is 35.6. The summed E-state index contributed by atoms with van der Waals surface area (Å²) in [6.45, 7) is 0. The lowest BCUT2D eigenvalue weighted by atomic mass is 10.1. The number of methoxy groups -OCH3 is 2. The summed E-state index contributed by atoms with van der Waals surface area (Å²) in [6, 6.07) is 5.41. The quantitative estimate of drug-likeness (QED) is 0.724. The summed E-state index contributed by atoms with van der Waals surface area (Å²) in [5.74, 6) is -5.35. The molecule has 0 N–H and O–H groups in total. The number of alkyl halides is 2. The lowest BCUT2D eigenvalue weighted by Crippen LogP contribution is -2.27. The molecule has 5 heteroatoms. The number of para-hydroxylation sites is 1. The van der Waals surface area contributed by atoms with Gasteiger partial charge in [-0.3, -0.25) is 0 Å². The molecule has 0 saturated carbocycles. The summed E-state index contributed by atoms with van der Waals surface area (Å²) in [5.41, 5.74) is -0.501. The van der Waals surface area contributed by atoms with Gasteiger partial charge in [-0.2, -0.15) is 8.78 Å². The number of ether oxygens (including phenoxy) is 2. The highest BCUT2D eigenvalue weighted by atomic mass is 19.3. The standard InChI is InChI=1S/C10H10F2O3/c1-14-8-6-4-3-5-7(8)10(11,12)9(13)15-2/h3-6H,1-2H3. The van der Waals surface area contributed by atoms with Crippen LogP contribution in [0.25, 0.3) is 0 Å². The molecular weight excluding hydrogens is 206 g/mol. The minimum Gasteiger partial charge on any atom is -0.496 e. The number of halogens is 2. The maximum absolute atomic E-state index is 13.4. The third kappa shape index (κ3) is 2.06. The average molecular weight is 216 g/mol. The number of esters is 1. The second-order valence-corrected chi connectivity index (χ2v) is 2.77. The summed E-state index contributed by atoms with van der Waals surface area (Å²) in [7, 11) is 2.16. The first-order valence-corrected chi connectivity index (χ1v) is 4.13. The van der Waals surface area contributed by atoms with E-state index in [1.807, 2.05) is 0 Å². The van der Waals surface area contributed by atoms with E-state index >= 15 is 0 Å². The fourth-order valence-corrected chi connectivity index (χ4v) is 1.14. The van der Waals surface area contributed by atoms with E-state index < -0.39 is 17.5 Å². The van der Waals surface area contributed by atoms with Gasteiger partial charge in [-0.25, -0.2) is 4.79 Å². The fourth-order valence-electron chi connectivity index (χ4n) is 1.14. The molecule has 0 aliphatic heterocycles. The van der Waals surface area contributed by atoms with Crippen LogP contribution in [0, 0.1) is 0 Å². The molecule has 0 fully saturated rings. The highest BCUT2D eigenvalue weighted by Crippen LogP contribution is 2.35. The largest absolute Gasteiger partial charge is 0.496 e. The molecule has 0 atom stereocenters. The van der Waals surface area contributed by atoms with Gasteiger partial charge in [-0.15, -0.1) is 0 Å². The highest BCUT2D eigenvalue weighted by Gasteiger charge is 2.44. The molecule has 0 aliphatic carbocycles. The molecule has 3 nitrogen and oxygen atoms in total. The van der Waals surface area contributed by atoms with Crippen molar-refractivity contribution in [1.29, 1.82) is 0 Å². The lowest BCUT2D eigenvalue weighted by Gasteiger charge is -2.16. The van der Waals surface area contributed by atoms with Crippen LogP contribution in [0.15, 0.2) is 24.3 Å². The minimum absolute atomic E-state index is 0.0482. The van der Waals surface area contributed by atoms with Crippen LogP contribution in [0.1, 0.15) is 5.56 Å². The van der Waals surface area contributed by atoms with E-state index in [0.29, 0.717) is 0 Å². The van der Waals surface area contributed by atoms with E-state index in [1.54, 1.807) is 0 Å². The predicted octanol–water partition coefficient (Wildman–Crippen LogP) is 1.96. The van der Waals surface area contributed by atoms with Crippen LogP contribution in [-0.2, 0) is 15.5 Å². The Bertz CT molecular complexity index is 363. The topological polar surface area (TPSA) is 35.5 Å². The highest BCUT2D eigenvalue weighted by molar-refractivity contribution is 5.80. The van der Waals surface area contributed by atoms with Gasteiger partial charge in [0.05, 0.1) is 19.8 Å². The van der Waals surface area contributed by atoms with Crippen molar-refractivity contribution < 1.29 is 23.0 Å². The lowest BCUT2D eigenvalue weighted by molar-refractivity contribution is -0.170. The monoisotopic (exact) mass is 216 g/mol. The Hall–Kier alpha value is -1.65. The first-order chi connectivity index (χ1) is 7.04. The van der Waals surface area contributed by atoms with Crippen molar-refractivity contribution in [2.45, 2.75) is 5.92 Å². The van der Waals surface area contributed by atoms with Crippen LogP contribution in [0.2, 0.25) is 0 Å². The zero-order valence-electron chi connectivity index (χ0n) is 8.29. The second kappa shape index (κ2) is 4.25. The predicted molar refractivity (Wildman–Crippen MR) is 48.9 cm³/mol. The normalized spacial score (nSPS) is 10.9. The van der Waals surface area contributed by atoms with Gasteiger partial charge in [0.1, 0.15) is 5.75 Å². The van der Waals surface area contributed by atoms with Crippen LogP contribution in [0.4, 0.5) is 8.78 Å². The number of carbonyl (C=O) groups excluding carboxylic acids is 1. The summed E-state index contributed by atoms with van der Waals surface area (Å²) in [5, 5.41) is 0. The Morgan fingerprint density at radius 1 is 1.27 bits per heavy atom. The first-order valence-electron chi connectivity index (χ1n) is 4.13. The SMILES string of the molecule is COC(=O)C(F)(F)c1ccccc1OC. The third-order valence-electron chi connectivity index (χ3n) is 1.89. The minimum atomic E-state index is -3.69. The van der Waals surface area contributed by atoms with Crippen LogP contribution in [0.5, 0.6) is 5.75 Å². The van der Waals surface area contributed by atoms with Crippen molar-refractivity contribution in [3.05, 3.63) is 29.8 Å². The van der Waals surface area contributed by atoms with Gasteiger partial charge in [0.15, 0.2) is 0 Å². The van der Waals surface area contributed by atoms with E-state index in [9.17, 15) is 13.6 Å². The van der Waals surface area contributed by atoms with Crippen LogP contribution >= 0.6 is 0 Å². The van der Waals surface area contributed by atoms with Crippen molar-refractivity contribution >= 4 is 5.97 Å². The molecule has 15 heavy (non-hydrogen) atoms. The van der Waals surface area contributed by atoms with Crippen molar-refractivity contribution in [3.8, 4) is 5.75 Å². The van der Waals surface area contributed by atoms with E-state index in [1.165, 1.54) is 25.3 Å².